The van der Waals surface area contributed by atoms with Gasteiger partial charge in [0.2, 0.25) is 0 Å². The van der Waals surface area contributed by atoms with Crippen molar-refractivity contribution in [2.45, 2.75) is 27.2 Å². The van der Waals surface area contributed by atoms with Gasteiger partial charge < -0.3 is 5.11 Å². The lowest BCUT2D eigenvalue weighted by Crippen LogP contribution is -2.19. The zero-order valence-electron chi connectivity index (χ0n) is 12.6. The standard InChI is InChI=1S/C17H20N2O2/c1-11(2)10-12(3)18-19-17(21)15-9-8-13-6-4-5-7-14(13)16(15)20/h4-9,11,20H,10H2,1-3H3,(H,19,21). The van der Waals surface area contributed by atoms with Crippen molar-refractivity contribution in [3.05, 3.63) is 42.0 Å². The van der Waals surface area contributed by atoms with E-state index in [1.165, 1.54) is 0 Å². The molecule has 2 N–H and O–H groups in total. The second kappa shape index (κ2) is 6.39. The highest BCUT2D eigenvalue weighted by atomic mass is 16.3. The summed E-state index contributed by atoms with van der Waals surface area (Å²) in [6.07, 6.45) is 0.823. The number of phenolic OH excluding ortho intramolecular Hbond substituents is 1. The molecule has 0 radical (unpaired) electrons. The lowest BCUT2D eigenvalue weighted by Gasteiger charge is -2.08. The molecule has 0 atom stereocenters. The monoisotopic (exact) mass is 284 g/mol. The van der Waals surface area contributed by atoms with Crippen molar-refractivity contribution in [1.29, 1.82) is 0 Å². The molecule has 4 heteroatoms. The van der Waals surface area contributed by atoms with E-state index < -0.39 is 5.91 Å². The number of hydrogen-bond donors (Lipinski definition) is 2. The average Bonchev–Trinajstić information content (AvgIpc) is 2.45. The molecule has 0 saturated carbocycles. The van der Waals surface area contributed by atoms with Crippen LogP contribution >= 0.6 is 0 Å². The highest BCUT2D eigenvalue weighted by Crippen LogP contribution is 2.28. The van der Waals surface area contributed by atoms with E-state index in [0.29, 0.717) is 11.3 Å². The van der Waals surface area contributed by atoms with Gasteiger partial charge in [-0.25, -0.2) is 5.43 Å². The summed E-state index contributed by atoms with van der Waals surface area (Å²) in [4.78, 5) is 12.1. The minimum absolute atomic E-state index is 0.0117. The molecule has 0 aliphatic rings. The molecule has 0 bridgehead atoms. The zero-order chi connectivity index (χ0) is 15.4. The van der Waals surface area contributed by atoms with Gasteiger partial charge in [0.05, 0.1) is 5.56 Å². The van der Waals surface area contributed by atoms with Crippen LogP contribution in [0.5, 0.6) is 5.75 Å². The van der Waals surface area contributed by atoms with Crippen LogP contribution in [0, 0.1) is 5.92 Å². The fourth-order valence-corrected chi connectivity index (χ4v) is 2.28. The van der Waals surface area contributed by atoms with Crippen LogP contribution in [0.2, 0.25) is 0 Å². The molecule has 0 saturated heterocycles. The second-order valence-corrected chi connectivity index (χ2v) is 5.57. The summed E-state index contributed by atoms with van der Waals surface area (Å²) in [5.74, 6) is 0.0726. The quantitative estimate of drug-likeness (QED) is 0.664. The van der Waals surface area contributed by atoms with Crippen molar-refractivity contribution in [3.63, 3.8) is 0 Å². The van der Waals surface area contributed by atoms with Crippen LogP contribution in [0.3, 0.4) is 0 Å². The SMILES string of the molecule is CC(CC(C)C)=NNC(=O)c1ccc2ccccc2c1O. The van der Waals surface area contributed by atoms with E-state index in [4.69, 9.17) is 0 Å². The van der Waals surface area contributed by atoms with Crippen molar-refractivity contribution < 1.29 is 9.90 Å². The number of rotatable bonds is 4. The number of fused-ring (bicyclic) bond motifs is 1. The van der Waals surface area contributed by atoms with Gasteiger partial charge in [0.25, 0.3) is 5.91 Å². The van der Waals surface area contributed by atoms with E-state index in [9.17, 15) is 9.90 Å². The molecule has 1 amide bonds. The number of nitrogens with one attached hydrogen (secondary N) is 1. The van der Waals surface area contributed by atoms with Crippen LogP contribution in [-0.4, -0.2) is 16.7 Å². The molecule has 2 rings (SSSR count). The summed E-state index contributed by atoms with van der Waals surface area (Å²) < 4.78 is 0. The summed E-state index contributed by atoms with van der Waals surface area (Å²) in [5.41, 5.74) is 3.59. The van der Waals surface area contributed by atoms with E-state index in [2.05, 4.69) is 24.4 Å². The second-order valence-electron chi connectivity index (χ2n) is 5.57. The zero-order valence-corrected chi connectivity index (χ0v) is 12.6. The molecule has 0 aromatic heterocycles. The first kappa shape index (κ1) is 15.0. The number of aromatic hydroxyl groups is 1. The molecule has 0 unspecified atom stereocenters. The fourth-order valence-electron chi connectivity index (χ4n) is 2.28. The lowest BCUT2D eigenvalue weighted by molar-refractivity contribution is 0.0952. The Balaban J connectivity index is 2.22. The van der Waals surface area contributed by atoms with Gasteiger partial charge in [0, 0.05) is 11.1 Å². The average molecular weight is 284 g/mol. The van der Waals surface area contributed by atoms with Crippen LogP contribution in [-0.2, 0) is 0 Å². The van der Waals surface area contributed by atoms with Crippen LogP contribution in [0.1, 0.15) is 37.6 Å². The Morgan fingerprint density at radius 3 is 2.67 bits per heavy atom. The lowest BCUT2D eigenvalue weighted by atomic mass is 10.1. The van der Waals surface area contributed by atoms with E-state index in [-0.39, 0.29) is 11.3 Å². The summed E-state index contributed by atoms with van der Waals surface area (Å²) in [6, 6.07) is 10.8. The first-order valence-electron chi connectivity index (χ1n) is 7.03. The van der Waals surface area contributed by atoms with Crippen molar-refractivity contribution >= 4 is 22.4 Å². The van der Waals surface area contributed by atoms with Gasteiger partial charge >= 0.3 is 0 Å². The maximum Gasteiger partial charge on any atom is 0.275 e. The van der Waals surface area contributed by atoms with Gasteiger partial charge in [-0.05, 0) is 30.7 Å². The third kappa shape index (κ3) is 3.60. The van der Waals surface area contributed by atoms with Gasteiger partial charge in [0.1, 0.15) is 5.75 Å². The number of benzene rings is 2. The minimum atomic E-state index is -0.402. The highest BCUT2D eigenvalue weighted by Gasteiger charge is 2.13. The van der Waals surface area contributed by atoms with Crippen molar-refractivity contribution in [2.24, 2.45) is 11.0 Å². The smallest absolute Gasteiger partial charge is 0.275 e. The molecule has 0 fully saturated rings. The molecule has 2 aromatic rings. The first-order valence-corrected chi connectivity index (χ1v) is 7.03. The molecule has 0 aliphatic carbocycles. The number of hydrazone groups is 1. The molecule has 4 nitrogen and oxygen atoms in total. The molecular weight excluding hydrogens is 264 g/mol. The number of amides is 1. The summed E-state index contributed by atoms with van der Waals surface area (Å²) >= 11 is 0. The van der Waals surface area contributed by atoms with Crippen LogP contribution in [0.15, 0.2) is 41.5 Å². The van der Waals surface area contributed by atoms with Gasteiger partial charge in [0.15, 0.2) is 0 Å². The van der Waals surface area contributed by atoms with Gasteiger partial charge in [-0.15, -0.1) is 0 Å². The maximum atomic E-state index is 12.1. The topological polar surface area (TPSA) is 61.7 Å². The Labute approximate surface area is 124 Å². The van der Waals surface area contributed by atoms with Crippen LogP contribution in [0.25, 0.3) is 10.8 Å². The Morgan fingerprint density at radius 2 is 1.95 bits per heavy atom. The molecule has 0 aliphatic heterocycles. The van der Waals surface area contributed by atoms with E-state index in [1.807, 2.05) is 31.2 Å². The molecule has 0 spiro atoms. The van der Waals surface area contributed by atoms with Crippen LogP contribution in [0.4, 0.5) is 0 Å². The number of nitrogens with zero attached hydrogens (tertiary/aromatic N) is 1. The minimum Gasteiger partial charge on any atom is -0.506 e. The summed E-state index contributed by atoms with van der Waals surface area (Å²) in [5, 5.41) is 15.8. The molecule has 0 heterocycles. The molecular formula is C17H20N2O2. The van der Waals surface area contributed by atoms with Gasteiger partial charge in [-0.3, -0.25) is 4.79 Å². The predicted octanol–water partition coefficient (Wildman–Crippen LogP) is 3.70. The molecule has 21 heavy (non-hydrogen) atoms. The summed E-state index contributed by atoms with van der Waals surface area (Å²) in [6.45, 7) is 6.06. The number of hydrogen-bond acceptors (Lipinski definition) is 3. The first-order chi connectivity index (χ1) is 9.99. The Kier molecular flexibility index (Phi) is 4.58. The number of carbonyl (C=O) groups is 1. The normalized spacial score (nSPS) is 11.9. The maximum absolute atomic E-state index is 12.1. The van der Waals surface area contributed by atoms with Crippen molar-refractivity contribution in [2.75, 3.05) is 0 Å². The van der Waals surface area contributed by atoms with Crippen molar-refractivity contribution in [3.8, 4) is 5.75 Å². The number of carbonyl (C=O) groups excluding carboxylic acids is 1. The van der Waals surface area contributed by atoms with Crippen molar-refractivity contribution in [1.82, 2.24) is 5.43 Å². The molecule has 110 valence electrons. The third-order valence-corrected chi connectivity index (χ3v) is 3.20. The van der Waals surface area contributed by atoms with E-state index in [1.54, 1.807) is 12.1 Å². The van der Waals surface area contributed by atoms with E-state index >= 15 is 0 Å². The van der Waals surface area contributed by atoms with E-state index in [0.717, 1.165) is 17.5 Å². The predicted molar refractivity (Wildman–Crippen MR) is 85.6 cm³/mol. The van der Waals surface area contributed by atoms with Gasteiger partial charge in [-0.1, -0.05) is 44.2 Å². The molecule has 2 aromatic carbocycles. The Bertz CT molecular complexity index is 690. The largest absolute Gasteiger partial charge is 0.506 e. The third-order valence-electron chi connectivity index (χ3n) is 3.20. The highest BCUT2D eigenvalue weighted by molar-refractivity contribution is 6.03. The Morgan fingerprint density at radius 1 is 1.24 bits per heavy atom. The van der Waals surface area contributed by atoms with Crippen LogP contribution < -0.4 is 5.43 Å². The Hall–Kier alpha value is -2.36. The fraction of sp³-hybridized carbons (Fsp3) is 0.294. The summed E-state index contributed by atoms with van der Waals surface area (Å²) in [7, 11) is 0. The van der Waals surface area contributed by atoms with Gasteiger partial charge in [-0.2, -0.15) is 5.10 Å². The number of phenols is 1.